The largest absolute Gasteiger partial charge is 0.497 e. The maximum absolute atomic E-state index is 12.2. The maximum Gasteiger partial charge on any atom is 0.251 e. The number of ether oxygens (including phenoxy) is 1. The van der Waals surface area contributed by atoms with Gasteiger partial charge in [-0.1, -0.05) is 17.7 Å². The molecule has 7 nitrogen and oxygen atoms in total. The summed E-state index contributed by atoms with van der Waals surface area (Å²) in [6.45, 7) is 4.82. The molecule has 8 heteroatoms. The maximum atomic E-state index is 12.2. The Hall–Kier alpha value is -2.77. The number of amides is 2. The molecule has 182 valence electrons. The minimum absolute atomic E-state index is 0.0361. The molecule has 0 spiro atoms. The number of methoxy groups -OCH3 is 1. The zero-order valence-electron chi connectivity index (χ0n) is 19.6. The molecule has 1 unspecified atom stereocenters. The lowest BCUT2D eigenvalue weighted by molar-refractivity contribution is -0.120. The van der Waals surface area contributed by atoms with E-state index in [0.29, 0.717) is 29.1 Å². The number of piperidine rings is 1. The number of benzene rings is 2. The van der Waals surface area contributed by atoms with Gasteiger partial charge in [-0.15, -0.1) is 0 Å². The minimum Gasteiger partial charge on any atom is -0.497 e. The molecule has 0 aromatic heterocycles. The van der Waals surface area contributed by atoms with Crippen LogP contribution < -0.4 is 20.3 Å². The van der Waals surface area contributed by atoms with Crippen LogP contribution in [0.3, 0.4) is 0 Å². The van der Waals surface area contributed by atoms with E-state index in [0.717, 1.165) is 51.2 Å². The minimum atomic E-state index is -0.300. The Morgan fingerprint density at radius 2 is 1.79 bits per heavy atom. The van der Waals surface area contributed by atoms with E-state index < -0.39 is 0 Å². The normalized spacial score (nSPS) is 19.1. The van der Waals surface area contributed by atoms with Crippen molar-refractivity contribution in [2.45, 2.75) is 25.3 Å². The summed E-state index contributed by atoms with van der Waals surface area (Å²) in [5.41, 5.74) is 1.70. The third kappa shape index (κ3) is 6.42. The van der Waals surface area contributed by atoms with Gasteiger partial charge in [0.05, 0.1) is 13.7 Å². The number of carbonyl (C=O) groups is 2. The van der Waals surface area contributed by atoms with Crippen LogP contribution in [0.4, 0.5) is 5.69 Å². The lowest BCUT2D eigenvalue weighted by Gasteiger charge is -2.38. The van der Waals surface area contributed by atoms with Crippen LogP contribution >= 0.6 is 11.6 Å². The molecule has 2 aromatic carbocycles. The van der Waals surface area contributed by atoms with Crippen LogP contribution in [0.25, 0.3) is 0 Å². The summed E-state index contributed by atoms with van der Waals surface area (Å²) in [5, 5.41) is 6.13. The fourth-order valence-electron chi connectivity index (χ4n) is 4.86. The highest BCUT2D eigenvalue weighted by Crippen LogP contribution is 2.27. The Morgan fingerprint density at radius 1 is 1.03 bits per heavy atom. The van der Waals surface area contributed by atoms with Gasteiger partial charge in [-0.25, -0.2) is 0 Å². The number of likely N-dealkylation sites (tertiary alicyclic amines) is 1. The van der Waals surface area contributed by atoms with Gasteiger partial charge < -0.3 is 20.3 Å². The standard InChI is InChI=1S/C26H33ClN4O3/c1-34-24-7-5-22(6-8-24)30-13-10-23(11-14-30)31-12-9-19(18-31)16-28-25(32)17-29-26(33)20-3-2-4-21(27)15-20/h2-8,15,19,23H,9-14,16-18H2,1H3,(H,28,32)(H,29,33). The molecule has 2 N–H and O–H groups in total. The van der Waals surface area contributed by atoms with Gasteiger partial charge in [0.1, 0.15) is 5.75 Å². The topological polar surface area (TPSA) is 73.9 Å². The monoisotopic (exact) mass is 484 g/mol. The van der Waals surface area contributed by atoms with E-state index in [9.17, 15) is 9.59 Å². The van der Waals surface area contributed by atoms with E-state index in [1.807, 2.05) is 12.1 Å². The third-order valence-electron chi connectivity index (χ3n) is 6.82. The van der Waals surface area contributed by atoms with Crippen molar-refractivity contribution in [3.8, 4) is 5.75 Å². The van der Waals surface area contributed by atoms with Crippen molar-refractivity contribution in [2.24, 2.45) is 5.92 Å². The zero-order valence-corrected chi connectivity index (χ0v) is 20.4. The molecular formula is C26H33ClN4O3. The summed E-state index contributed by atoms with van der Waals surface area (Å²) < 4.78 is 5.26. The molecule has 34 heavy (non-hydrogen) atoms. The summed E-state index contributed by atoms with van der Waals surface area (Å²) in [5.74, 6) is 0.872. The van der Waals surface area contributed by atoms with E-state index >= 15 is 0 Å². The Bertz CT molecular complexity index is 976. The summed E-state index contributed by atoms with van der Waals surface area (Å²) in [6, 6.07) is 15.6. The van der Waals surface area contributed by atoms with Crippen molar-refractivity contribution in [3.63, 3.8) is 0 Å². The lowest BCUT2D eigenvalue weighted by atomic mass is 10.0. The predicted octanol–water partition coefficient (Wildman–Crippen LogP) is 3.19. The summed E-state index contributed by atoms with van der Waals surface area (Å²) in [4.78, 5) is 29.4. The molecule has 0 saturated carbocycles. The van der Waals surface area contributed by atoms with Crippen molar-refractivity contribution in [3.05, 3.63) is 59.1 Å². The first-order valence-corrected chi connectivity index (χ1v) is 12.3. The summed E-state index contributed by atoms with van der Waals surface area (Å²) in [7, 11) is 1.69. The summed E-state index contributed by atoms with van der Waals surface area (Å²) in [6.07, 6.45) is 3.40. The van der Waals surface area contributed by atoms with Gasteiger partial charge in [-0.05, 0) is 74.2 Å². The number of hydrogen-bond donors (Lipinski definition) is 2. The van der Waals surface area contributed by atoms with Crippen LogP contribution in [0.15, 0.2) is 48.5 Å². The molecule has 2 heterocycles. The fourth-order valence-corrected chi connectivity index (χ4v) is 5.05. The molecule has 0 aliphatic carbocycles. The molecule has 1 atom stereocenters. The smallest absolute Gasteiger partial charge is 0.251 e. The van der Waals surface area contributed by atoms with Gasteiger partial charge in [-0.2, -0.15) is 0 Å². The quantitative estimate of drug-likeness (QED) is 0.602. The number of halogens is 1. The first kappa shape index (κ1) is 24.4. The third-order valence-corrected chi connectivity index (χ3v) is 7.06. The Balaban J connectivity index is 1.14. The Labute approximate surface area is 206 Å². The molecule has 2 aliphatic heterocycles. The highest BCUT2D eigenvalue weighted by molar-refractivity contribution is 6.30. The van der Waals surface area contributed by atoms with Gasteiger partial charge in [0, 0.05) is 48.5 Å². The van der Waals surface area contributed by atoms with E-state index in [1.54, 1.807) is 31.4 Å². The lowest BCUT2D eigenvalue weighted by Crippen LogP contribution is -2.44. The fraction of sp³-hybridized carbons (Fsp3) is 0.462. The van der Waals surface area contributed by atoms with E-state index in [1.165, 1.54) is 5.69 Å². The van der Waals surface area contributed by atoms with Crippen molar-refractivity contribution in [1.29, 1.82) is 0 Å². The zero-order chi connectivity index (χ0) is 23.9. The average Bonchev–Trinajstić information content (AvgIpc) is 3.35. The van der Waals surface area contributed by atoms with Crippen LogP contribution in [-0.2, 0) is 4.79 Å². The van der Waals surface area contributed by atoms with E-state index in [4.69, 9.17) is 16.3 Å². The van der Waals surface area contributed by atoms with Crippen molar-refractivity contribution < 1.29 is 14.3 Å². The van der Waals surface area contributed by atoms with Gasteiger partial charge >= 0.3 is 0 Å². The molecule has 2 saturated heterocycles. The van der Waals surface area contributed by atoms with Crippen molar-refractivity contribution in [2.75, 3.05) is 51.3 Å². The molecule has 0 bridgehead atoms. The van der Waals surface area contributed by atoms with Crippen LogP contribution in [0.1, 0.15) is 29.6 Å². The number of anilines is 1. The Kier molecular flexibility index (Phi) is 8.29. The second kappa shape index (κ2) is 11.6. The molecule has 2 aliphatic rings. The second-order valence-corrected chi connectivity index (χ2v) is 9.50. The molecule has 2 aromatic rings. The number of carbonyl (C=O) groups excluding carboxylic acids is 2. The van der Waals surface area contributed by atoms with Gasteiger partial charge in [0.2, 0.25) is 5.91 Å². The SMILES string of the molecule is COc1ccc(N2CCC(N3CCC(CNC(=O)CNC(=O)c4cccc(Cl)c4)C3)CC2)cc1. The number of nitrogens with zero attached hydrogens (tertiary/aromatic N) is 2. The average molecular weight is 485 g/mol. The van der Waals surface area contributed by atoms with Gasteiger partial charge in [0.25, 0.3) is 5.91 Å². The summed E-state index contributed by atoms with van der Waals surface area (Å²) >= 11 is 5.92. The van der Waals surface area contributed by atoms with Crippen LogP contribution in [0, 0.1) is 5.92 Å². The van der Waals surface area contributed by atoms with Gasteiger partial charge in [-0.3, -0.25) is 14.5 Å². The molecular weight excluding hydrogens is 452 g/mol. The second-order valence-electron chi connectivity index (χ2n) is 9.06. The molecule has 2 amide bonds. The highest BCUT2D eigenvalue weighted by Gasteiger charge is 2.30. The van der Waals surface area contributed by atoms with Crippen molar-refractivity contribution >= 4 is 29.1 Å². The number of hydrogen-bond acceptors (Lipinski definition) is 5. The number of nitrogens with one attached hydrogen (secondary N) is 2. The van der Waals surface area contributed by atoms with Crippen LogP contribution in [-0.4, -0.2) is 69.1 Å². The predicted molar refractivity (Wildman–Crippen MR) is 135 cm³/mol. The molecule has 4 rings (SSSR count). The van der Waals surface area contributed by atoms with Gasteiger partial charge in [0.15, 0.2) is 0 Å². The Morgan fingerprint density at radius 3 is 2.50 bits per heavy atom. The number of rotatable bonds is 8. The molecule has 0 radical (unpaired) electrons. The van der Waals surface area contributed by atoms with Crippen LogP contribution in [0.5, 0.6) is 5.75 Å². The van der Waals surface area contributed by atoms with E-state index in [2.05, 4.69) is 32.6 Å². The van der Waals surface area contributed by atoms with Crippen molar-refractivity contribution in [1.82, 2.24) is 15.5 Å². The first-order valence-electron chi connectivity index (χ1n) is 12.0. The van der Waals surface area contributed by atoms with Crippen LogP contribution in [0.2, 0.25) is 5.02 Å². The highest BCUT2D eigenvalue weighted by atomic mass is 35.5. The first-order chi connectivity index (χ1) is 16.5. The molecule has 2 fully saturated rings. The van der Waals surface area contributed by atoms with E-state index in [-0.39, 0.29) is 18.4 Å².